The fraction of sp³-hybridized carbons (Fsp3) is 0.211. The van der Waals surface area contributed by atoms with E-state index in [-0.39, 0.29) is 11.8 Å². The topological polar surface area (TPSA) is 73.2 Å². The normalized spacial score (nSPS) is 9.88. The van der Waals surface area contributed by atoms with Crippen molar-refractivity contribution in [2.75, 3.05) is 13.6 Å². The molecule has 24 heavy (non-hydrogen) atoms. The number of hydrogen-bond acceptors (Lipinski definition) is 3. The summed E-state index contributed by atoms with van der Waals surface area (Å²) in [7, 11) is 1.72. The number of nitrogens with one attached hydrogen (secondary N) is 1. The molecule has 0 unspecified atom stereocenters. The van der Waals surface area contributed by atoms with E-state index in [9.17, 15) is 9.59 Å². The third-order valence-electron chi connectivity index (χ3n) is 3.58. The second-order valence-corrected chi connectivity index (χ2v) is 5.41. The lowest BCUT2D eigenvalue weighted by molar-refractivity contribution is 0.0784. The summed E-state index contributed by atoms with van der Waals surface area (Å²) in [4.78, 5) is 25.8. The van der Waals surface area contributed by atoms with Crippen LogP contribution in [0.5, 0.6) is 0 Å². The third kappa shape index (κ3) is 4.20. The van der Waals surface area contributed by atoms with E-state index in [1.165, 1.54) is 0 Å². The van der Waals surface area contributed by atoms with E-state index in [2.05, 4.69) is 11.4 Å². The van der Waals surface area contributed by atoms with E-state index in [0.29, 0.717) is 29.8 Å². The van der Waals surface area contributed by atoms with Gasteiger partial charge in [-0.15, -0.1) is 0 Å². The van der Waals surface area contributed by atoms with Crippen molar-refractivity contribution in [3.8, 4) is 6.07 Å². The van der Waals surface area contributed by atoms with Crippen LogP contribution in [0.4, 0.5) is 0 Å². The highest BCUT2D eigenvalue weighted by molar-refractivity contribution is 5.97. The van der Waals surface area contributed by atoms with Crippen molar-refractivity contribution in [3.63, 3.8) is 0 Å². The van der Waals surface area contributed by atoms with E-state index >= 15 is 0 Å². The molecule has 5 heteroatoms. The van der Waals surface area contributed by atoms with Gasteiger partial charge in [0.1, 0.15) is 0 Å². The number of carbonyl (C=O) groups is 2. The van der Waals surface area contributed by atoms with E-state index in [1.54, 1.807) is 48.3 Å². The van der Waals surface area contributed by atoms with Gasteiger partial charge in [0.15, 0.2) is 0 Å². The SMILES string of the molecule is CCNC(=O)c1ccc(C(=O)N(C)Cc2ccc(C#N)cc2)cc1. The lowest BCUT2D eigenvalue weighted by atomic mass is 10.1. The van der Waals surface area contributed by atoms with Gasteiger partial charge in [-0.05, 0) is 48.9 Å². The number of hydrogen-bond donors (Lipinski definition) is 1. The summed E-state index contributed by atoms with van der Waals surface area (Å²) in [6, 6.07) is 15.8. The molecule has 0 saturated carbocycles. The monoisotopic (exact) mass is 321 g/mol. The van der Waals surface area contributed by atoms with Crippen molar-refractivity contribution >= 4 is 11.8 Å². The Labute approximate surface area is 141 Å². The van der Waals surface area contributed by atoms with Crippen LogP contribution in [0.2, 0.25) is 0 Å². The molecule has 0 fully saturated rings. The number of nitrogens with zero attached hydrogens (tertiary/aromatic N) is 2. The van der Waals surface area contributed by atoms with Crippen molar-refractivity contribution in [1.29, 1.82) is 5.26 Å². The molecule has 0 heterocycles. The molecule has 0 aliphatic rings. The van der Waals surface area contributed by atoms with Crippen LogP contribution in [-0.2, 0) is 6.54 Å². The van der Waals surface area contributed by atoms with Gasteiger partial charge >= 0.3 is 0 Å². The van der Waals surface area contributed by atoms with E-state index < -0.39 is 0 Å². The minimum atomic E-state index is -0.151. The molecular weight excluding hydrogens is 302 g/mol. The average molecular weight is 321 g/mol. The standard InChI is InChI=1S/C19H19N3O2/c1-3-21-18(23)16-8-10-17(11-9-16)19(24)22(2)13-15-6-4-14(12-20)5-7-15/h4-11H,3,13H2,1-2H3,(H,21,23). The van der Waals surface area contributed by atoms with Gasteiger partial charge in [-0.3, -0.25) is 9.59 Å². The number of amides is 2. The first-order chi connectivity index (χ1) is 11.5. The maximum absolute atomic E-state index is 12.5. The minimum absolute atomic E-state index is 0.123. The lowest BCUT2D eigenvalue weighted by Gasteiger charge is -2.17. The summed E-state index contributed by atoms with van der Waals surface area (Å²) in [5.41, 5.74) is 2.60. The van der Waals surface area contributed by atoms with Crippen LogP contribution in [0.3, 0.4) is 0 Å². The molecule has 2 rings (SSSR count). The molecule has 2 aromatic carbocycles. The van der Waals surface area contributed by atoms with Gasteiger partial charge in [0.25, 0.3) is 11.8 Å². The van der Waals surface area contributed by atoms with E-state index in [1.807, 2.05) is 19.1 Å². The zero-order chi connectivity index (χ0) is 17.5. The van der Waals surface area contributed by atoms with Crippen LogP contribution >= 0.6 is 0 Å². The Hall–Kier alpha value is -3.13. The zero-order valence-corrected chi connectivity index (χ0v) is 13.7. The number of benzene rings is 2. The first-order valence-electron chi connectivity index (χ1n) is 7.68. The first-order valence-corrected chi connectivity index (χ1v) is 7.68. The van der Waals surface area contributed by atoms with Crippen LogP contribution < -0.4 is 5.32 Å². The van der Waals surface area contributed by atoms with Crippen molar-refractivity contribution in [3.05, 3.63) is 70.8 Å². The molecule has 0 aromatic heterocycles. The van der Waals surface area contributed by atoms with Gasteiger partial charge in [-0.2, -0.15) is 5.26 Å². The van der Waals surface area contributed by atoms with Crippen LogP contribution in [0.15, 0.2) is 48.5 Å². The number of rotatable bonds is 5. The minimum Gasteiger partial charge on any atom is -0.352 e. The van der Waals surface area contributed by atoms with Gasteiger partial charge in [-0.25, -0.2) is 0 Å². The Morgan fingerprint density at radius 1 is 1.04 bits per heavy atom. The van der Waals surface area contributed by atoms with Crippen molar-refractivity contribution < 1.29 is 9.59 Å². The summed E-state index contributed by atoms with van der Waals surface area (Å²) < 4.78 is 0. The molecule has 122 valence electrons. The molecule has 0 bridgehead atoms. The summed E-state index contributed by atoms with van der Waals surface area (Å²) in [6.07, 6.45) is 0. The molecule has 0 aliphatic carbocycles. The largest absolute Gasteiger partial charge is 0.352 e. The molecule has 0 atom stereocenters. The van der Waals surface area contributed by atoms with Gasteiger partial charge in [0.2, 0.25) is 0 Å². The highest BCUT2D eigenvalue weighted by Crippen LogP contribution is 2.11. The molecule has 2 amide bonds. The second kappa shape index (κ2) is 7.93. The zero-order valence-electron chi connectivity index (χ0n) is 13.7. The van der Waals surface area contributed by atoms with Gasteiger partial charge in [0.05, 0.1) is 11.6 Å². The fourth-order valence-corrected chi connectivity index (χ4v) is 2.28. The Bertz CT molecular complexity index is 759. The Kier molecular flexibility index (Phi) is 5.69. The highest BCUT2D eigenvalue weighted by atomic mass is 16.2. The average Bonchev–Trinajstić information content (AvgIpc) is 2.62. The molecule has 5 nitrogen and oxygen atoms in total. The fourth-order valence-electron chi connectivity index (χ4n) is 2.28. The first kappa shape index (κ1) is 17.2. The van der Waals surface area contributed by atoms with Gasteiger partial charge < -0.3 is 10.2 Å². The molecule has 1 N–H and O–H groups in total. The van der Waals surface area contributed by atoms with Gasteiger partial charge in [0, 0.05) is 31.3 Å². The van der Waals surface area contributed by atoms with E-state index in [4.69, 9.17) is 5.26 Å². The molecular formula is C19H19N3O2. The Morgan fingerprint density at radius 3 is 2.17 bits per heavy atom. The maximum Gasteiger partial charge on any atom is 0.253 e. The Morgan fingerprint density at radius 2 is 1.62 bits per heavy atom. The van der Waals surface area contributed by atoms with Crippen LogP contribution in [-0.4, -0.2) is 30.3 Å². The van der Waals surface area contributed by atoms with Crippen molar-refractivity contribution in [1.82, 2.24) is 10.2 Å². The second-order valence-electron chi connectivity index (χ2n) is 5.41. The lowest BCUT2D eigenvalue weighted by Crippen LogP contribution is -2.26. The molecule has 0 aliphatic heterocycles. The maximum atomic E-state index is 12.5. The van der Waals surface area contributed by atoms with Crippen molar-refractivity contribution in [2.24, 2.45) is 0 Å². The molecule has 0 spiro atoms. The van der Waals surface area contributed by atoms with Crippen molar-refractivity contribution in [2.45, 2.75) is 13.5 Å². The number of nitriles is 1. The number of carbonyl (C=O) groups excluding carboxylic acids is 2. The van der Waals surface area contributed by atoms with E-state index in [0.717, 1.165) is 5.56 Å². The molecule has 2 aromatic rings. The summed E-state index contributed by atoms with van der Waals surface area (Å²) in [6.45, 7) is 2.86. The molecule has 0 saturated heterocycles. The summed E-state index contributed by atoms with van der Waals surface area (Å²) in [5, 5.41) is 11.5. The van der Waals surface area contributed by atoms with Crippen LogP contribution in [0.25, 0.3) is 0 Å². The quantitative estimate of drug-likeness (QED) is 0.920. The van der Waals surface area contributed by atoms with Gasteiger partial charge in [-0.1, -0.05) is 12.1 Å². The molecule has 0 radical (unpaired) electrons. The predicted octanol–water partition coefficient (Wildman–Crippen LogP) is 2.58. The van der Waals surface area contributed by atoms with Crippen LogP contribution in [0, 0.1) is 11.3 Å². The van der Waals surface area contributed by atoms with Crippen LogP contribution in [0.1, 0.15) is 38.8 Å². The smallest absolute Gasteiger partial charge is 0.253 e. The summed E-state index contributed by atoms with van der Waals surface area (Å²) >= 11 is 0. The highest BCUT2D eigenvalue weighted by Gasteiger charge is 2.13. The summed E-state index contributed by atoms with van der Waals surface area (Å²) in [5.74, 6) is -0.274. The Balaban J connectivity index is 2.04. The third-order valence-corrected chi connectivity index (χ3v) is 3.58. The predicted molar refractivity (Wildman–Crippen MR) is 91.4 cm³/mol.